The molecular weight excluding hydrogens is 286 g/mol. The standard InChI is InChI=1S/C15H15N3O2S/c1-11-6-8-12(9-7-11)21(19,20)16-10-15-17-13-4-2-3-5-14(13)18-15/h2-9,16H,10H2,1H3,(H,17,18)/p+1. The van der Waals surface area contributed by atoms with Gasteiger partial charge < -0.3 is 0 Å². The van der Waals surface area contributed by atoms with Gasteiger partial charge in [0, 0.05) is 0 Å². The van der Waals surface area contributed by atoms with Gasteiger partial charge in [-0.25, -0.2) is 18.4 Å². The highest BCUT2D eigenvalue weighted by Gasteiger charge is 2.16. The zero-order valence-electron chi connectivity index (χ0n) is 11.6. The highest BCUT2D eigenvalue weighted by atomic mass is 32.2. The smallest absolute Gasteiger partial charge is 0.240 e. The summed E-state index contributed by atoms with van der Waals surface area (Å²) in [7, 11) is -3.50. The van der Waals surface area contributed by atoms with Crippen LogP contribution in [0.3, 0.4) is 0 Å². The molecule has 0 aliphatic heterocycles. The molecule has 0 amide bonds. The fourth-order valence-electron chi connectivity index (χ4n) is 2.11. The number of H-pyrrole nitrogens is 2. The van der Waals surface area contributed by atoms with Gasteiger partial charge in [-0.3, -0.25) is 0 Å². The van der Waals surface area contributed by atoms with Crippen molar-refractivity contribution in [3.63, 3.8) is 0 Å². The van der Waals surface area contributed by atoms with E-state index in [0.29, 0.717) is 5.82 Å². The van der Waals surface area contributed by atoms with Crippen molar-refractivity contribution in [2.75, 3.05) is 0 Å². The molecule has 0 atom stereocenters. The maximum absolute atomic E-state index is 12.2. The van der Waals surface area contributed by atoms with Gasteiger partial charge in [0.2, 0.25) is 10.0 Å². The Morgan fingerprint density at radius 3 is 2.52 bits per heavy atom. The lowest BCUT2D eigenvalue weighted by atomic mass is 10.2. The van der Waals surface area contributed by atoms with Crippen LogP contribution in [0.5, 0.6) is 0 Å². The van der Waals surface area contributed by atoms with Crippen molar-refractivity contribution in [2.45, 2.75) is 18.4 Å². The number of aromatic nitrogens is 2. The van der Waals surface area contributed by atoms with Crippen LogP contribution in [0.2, 0.25) is 0 Å². The van der Waals surface area contributed by atoms with Gasteiger partial charge in [-0.2, -0.15) is 4.72 Å². The van der Waals surface area contributed by atoms with Gasteiger partial charge in [0.15, 0.2) is 11.0 Å². The number of aromatic amines is 2. The summed E-state index contributed by atoms with van der Waals surface area (Å²) in [5, 5.41) is 0. The molecule has 5 nitrogen and oxygen atoms in total. The molecule has 21 heavy (non-hydrogen) atoms. The van der Waals surface area contributed by atoms with Crippen molar-refractivity contribution in [3.05, 3.63) is 59.9 Å². The summed E-state index contributed by atoms with van der Waals surface area (Å²) in [5.74, 6) is 0.715. The van der Waals surface area contributed by atoms with E-state index in [0.717, 1.165) is 16.6 Å². The molecule has 0 bridgehead atoms. The Morgan fingerprint density at radius 2 is 1.81 bits per heavy atom. The van der Waals surface area contributed by atoms with Gasteiger partial charge in [-0.05, 0) is 31.2 Å². The third-order valence-electron chi connectivity index (χ3n) is 3.27. The Kier molecular flexibility index (Phi) is 3.48. The average Bonchev–Trinajstić information content (AvgIpc) is 2.89. The highest BCUT2D eigenvalue weighted by Crippen LogP contribution is 2.11. The first-order valence-corrected chi connectivity index (χ1v) is 8.08. The van der Waals surface area contributed by atoms with E-state index in [1.165, 1.54) is 0 Å². The molecule has 0 aliphatic carbocycles. The number of nitrogens with one attached hydrogen (secondary N) is 3. The first-order valence-electron chi connectivity index (χ1n) is 6.60. The predicted octanol–water partition coefficient (Wildman–Crippen LogP) is 1.77. The van der Waals surface area contributed by atoms with Crippen molar-refractivity contribution in [1.82, 2.24) is 9.71 Å². The third-order valence-corrected chi connectivity index (χ3v) is 4.69. The van der Waals surface area contributed by atoms with Crippen LogP contribution in [0.25, 0.3) is 11.0 Å². The maximum atomic E-state index is 12.2. The minimum absolute atomic E-state index is 0.185. The quantitative estimate of drug-likeness (QED) is 0.770. The minimum Gasteiger partial charge on any atom is -0.240 e. The maximum Gasteiger partial charge on any atom is 0.268 e. The van der Waals surface area contributed by atoms with Crippen molar-refractivity contribution in [2.24, 2.45) is 0 Å². The fourth-order valence-corrected chi connectivity index (χ4v) is 3.11. The van der Waals surface area contributed by atoms with Crippen LogP contribution in [0.15, 0.2) is 53.4 Å². The lowest BCUT2D eigenvalue weighted by molar-refractivity contribution is -0.358. The van der Waals surface area contributed by atoms with Gasteiger partial charge >= 0.3 is 0 Å². The molecule has 1 aromatic heterocycles. The first-order chi connectivity index (χ1) is 10.0. The summed E-state index contributed by atoms with van der Waals surface area (Å²) in [6.07, 6.45) is 0. The lowest BCUT2D eigenvalue weighted by Gasteiger charge is -2.04. The zero-order valence-corrected chi connectivity index (χ0v) is 12.4. The molecule has 0 unspecified atom stereocenters. The fraction of sp³-hybridized carbons (Fsp3) is 0.133. The molecule has 0 saturated heterocycles. The zero-order chi connectivity index (χ0) is 14.9. The summed E-state index contributed by atoms with van der Waals surface area (Å²) >= 11 is 0. The number of hydrogen-bond donors (Lipinski definition) is 2. The SMILES string of the molecule is Cc1ccc(S(=O)(=O)NCc2[nH]c3ccccc3[nH+]2)cc1. The van der Waals surface area contributed by atoms with E-state index in [4.69, 9.17) is 0 Å². The monoisotopic (exact) mass is 302 g/mol. The van der Waals surface area contributed by atoms with Crippen LogP contribution >= 0.6 is 0 Å². The Hall–Kier alpha value is -2.18. The molecule has 2 aromatic carbocycles. The second kappa shape index (κ2) is 5.31. The number of imidazole rings is 1. The second-order valence-electron chi connectivity index (χ2n) is 4.91. The molecule has 108 valence electrons. The van der Waals surface area contributed by atoms with E-state index in [1.54, 1.807) is 24.3 Å². The molecule has 1 heterocycles. The second-order valence-corrected chi connectivity index (χ2v) is 6.68. The van der Waals surface area contributed by atoms with E-state index in [9.17, 15) is 8.42 Å². The van der Waals surface area contributed by atoms with Crippen LogP contribution < -0.4 is 9.71 Å². The van der Waals surface area contributed by atoms with Crippen LogP contribution in [0, 0.1) is 6.92 Å². The number of rotatable bonds is 4. The number of hydrogen-bond acceptors (Lipinski definition) is 2. The molecule has 0 aliphatic rings. The Labute approximate surface area is 123 Å². The van der Waals surface area contributed by atoms with Crippen LogP contribution in [-0.2, 0) is 16.6 Å². The van der Waals surface area contributed by atoms with Crippen LogP contribution in [-0.4, -0.2) is 13.4 Å². The molecular formula is C15H16N3O2S+. The Morgan fingerprint density at radius 1 is 1.10 bits per heavy atom. The van der Waals surface area contributed by atoms with Gasteiger partial charge in [0.05, 0.1) is 4.90 Å². The molecule has 0 radical (unpaired) electrons. The van der Waals surface area contributed by atoms with Gasteiger partial charge in [-0.15, -0.1) is 0 Å². The van der Waals surface area contributed by atoms with Crippen LogP contribution in [0.4, 0.5) is 0 Å². The third kappa shape index (κ3) is 2.96. The topological polar surface area (TPSA) is 76.1 Å². The minimum atomic E-state index is -3.50. The number of benzene rings is 2. The lowest BCUT2D eigenvalue weighted by Crippen LogP contribution is -2.26. The molecule has 0 saturated carbocycles. The first kappa shape index (κ1) is 13.8. The molecule has 0 fully saturated rings. The van der Waals surface area contributed by atoms with Gasteiger partial charge in [0.25, 0.3) is 5.82 Å². The predicted molar refractivity (Wildman–Crippen MR) is 80.1 cm³/mol. The Balaban J connectivity index is 1.78. The summed E-state index contributed by atoms with van der Waals surface area (Å²) in [4.78, 5) is 6.56. The van der Waals surface area contributed by atoms with Crippen LogP contribution in [0.1, 0.15) is 11.4 Å². The largest absolute Gasteiger partial charge is 0.268 e. The molecule has 0 spiro atoms. The number of fused-ring (bicyclic) bond motifs is 1. The summed E-state index contributed by atoms with van der Waals surface area (Å²) < 4.78 is 27.0. The molecule has 3 N–H and O–H groups in total. The van der Waals surface area contributed by atoms with E-state index < -0.39 is 10.0 Å². The summed E-state index contributed by atoms with van der Waals surface area (Å²) in [6.45, 7) is 2.11. The number of aryl methyl sites for hydroxylation is 1. The van der Waals surface area contributed by atoms with E-state index in [-0.39, 0.29) is 11.4 Å². The molecule has 6 heteroatoms. The Bertz CT molecular complexity index is 834. The van der Waals surface area contributed by atoms with Crippen molar-refractivity contribution >= 4 is 21.1 Å². The highest BCUT2D eigenvalue weighted by molar-refractivity contribution is 7.89. The van der Waals surface area contributed by atoms with Gasteiger partial charge in [0.1, 0.15) is 6.54 Å². The van der Waals surface area contributed by atoms with Gasteiger partial charge in [-0.1, -0.05) is 29.8 Å². The summed E-state index contributed by atoms with van der Waals surface area (Å²) in [5.41, 5.74) is 2.92. The number of sulfonamides is 1. The molecule has 3 rings (SSSR count). The normalized spacial score (nSPS) is 11.9. The van der Waals surface area contributed by atoms with Crippen molar-refractivity contribution < 1.29 is 13.4 Å². The number of para-hydroxylation sites is 2. The molecule has 3 aromatic rings. The van der Waals surface area contributed by atoms with E-state index >= 15 is 0 Å². The van der Waals surface area contributed by atoms with Crippen molar-refractivity contribution in [3.8, 4) is 0 Å². The average molecular weight is 302 g/mol. The van der Waals surface area contributed by atoms with E-state index in [1.807, 2.05) is 31.2 Å². The van der Waals surface area contributed by atoms with E-state index in [2.05, 4.69) is 14.7 Å². The summed E-state index contributed by atoms with van der Waals surface area (Å²) in [6, 6.07) is 14.5. The van der Waals surface area contributed by atoms with Crippen molar-refractivity contribution in [1.29, 1.82) is 0 Å².